The Hall–Kier alpha value is -2.09. The molecule has 19 heavy (non-hydrogen) atoms. The molecule has 0 bridgehead atoms. The van der Waals surface area contributed by atoms with Crippen LogP contribution >= 0.6 is 0 Å². The predicted octanol–water partition coefficient (Wildman–Crippen LogP) is 4.13. The number of benzene rings is 2. The largest absolute Gasteiger partial charge is 0.326 e. The van der Waals surface area contributed by atoms with E-state index in [0.29, 0.717) is 0 Å². The lowest BCUT2D eigenvalue weighted by molar-refractivity contribution is -0.117. The van der Waals surface area contributed by atoms with Gasteiger partial charge in [-0.15, -0.1) is 0 Å². The van der Waals surface area contributed by atoms with E-state index in [2.05, 4.69) is 5.32 Å². The molecule has 1 N–H and O–H groups in total. The van der Waals surface area contributed by atoms with Crippen LogP contribution in [0.1, 0.15) is 30.4 Å². The van der Waals surface area contributed by atoms with Gasteiger partial charge in [0.2, 0.25) is 5.91 Å². The van der Waals surface area contributed by atoms with Crippen molar-refractivity contribution in [3.05, 3.63) is 65.7 Å². The van der Waals surface area contributed by atoms with Crippen molar-refractivity contribution in [2.24, 2.45) is 0 Å². The normalized spacial score (nSPS) is 11.9. The number of hydrogen-bond acceptors (Lipinski definition) is 1. The number of aryl methyl sites for hydroxylation is 1. The Bertz CT molecular complexity index is 548. The van der Waals surface area contributed by atoms with Gasteiger partial charge in [0.05, 0.1) is 5.92 Å². The molecule has 98 valence electrons. The summed E-state index contributed by atoms with van der Waals surface area (Å²) in [6.07, 6.45) is 0.793. The molecule has 2 rings (SSSR count). The molecule has 0 fully saturated rings. The van der Waals surface area contributed by atoms with Gasteiger partial charge in [0, 0.05) is 5.69 Å². The van der Waals surface area contributed by atoms with Gasteiger partial charge in [-0.2, -0.15) is 0 Å². The van der Waals surface area contributed by atoms with Crippen molar-refractivity contribution >= 4 is 11.6 Å². The number of rotatable bonds is 4. The van der Waals surface area contributed by atoms with Crippen molar-refractivity contribution in [3.8, 4) is 0 Å². The molecule has 0 radical (unpaired) electrons. The van der Waals surface area contributed by atoms with Crippen LogP contribution in [0.2, 0.25) is 0 Å². The van der Waals surface area contributed by atoms with Crippen LogP contribution in [0, 0.1) is 6.92 Å². The highest BCUT2D eigenvalue weighted by atomic mass is 16.1. The Morgan fingerprint density at radius 2 is 1.84 bits per heavy atom. The lowest BCUT2D eigenvalue weighted by Gasteiger charge is -2.15. The SMILES string of the molecule is CCC(C(=O)Nc1cccc(C)c1)c1ccccc1. The van der Waals surface area contributed by atoms with E-state index < -0.39 is 0 Å². The van der Waals surface area contributed by atoms with Crippen LogP contribution in [0.15, 0.2) is 54.6 Å². The molecule has 2 aromatic rings. The first-order valence-corrected chi connectivity index (χ1v) is 6.63. The smallest absolute Gasteiger partial charge is 0.231 e. The minimum atomic E-state index is -0.0956. The Labute approximate surface area is 114 Å². The van der Waals surface area contributed by atoms with Crippen molar-refractivity contribution in [1.29, 1.82) is 0 Å². The number of carbonyl (C=O) groups excluding carboxylic acids is 1. The van der Waals surface area contributed by atoms with Crippen molar-refractivity contribution in [2.75, 3.05) is 5.32 Å². The van der Waals surface area contributed by atoms with Crippen LogP contribution in [0.5, 0.6) is 0 Å². The fraction of sp³-hybridized carbons (Fsp3) is 0.235. The molecule has 0 saturated heterocycles. The summed E-state index contributed by atoms with van der Waals surface area (Å²) in [7, 11) is 0. The third-order valence-electron chi connectivity index (χ3n) is 3.21. The van der Waals surface area contributed by atoms with Crippen LogP contribution in [-0.4, -0.2) is 5.91 Å². The van der Waals surface area contributed by atoms with E-state index in [1.807, 2.05) is 68.4 Å². The highest BCUT2D eigenvalue weighted by Crippen LogP contribution is 2.21. The molecule has 1 atom stereocenters. The van der Waals surface area contributed by atoms with Crippen LogP contribution < -0.4 is 5.32 Å². The summed E-state index contributed by atoms with van der Waals surface area (Å²) in [4.78, 5) is 12.3. The maximum Gasteiger partial charge on any atom is 0.231 e. The molecule has 0 aliphatic heterocycles. The van der Waals surface area contributed by atoms with E-state index in [-0.39, 0.29) is 11.8 Å². The van der Waals surface area contributed by atoms with E-state index in [1.54, 1.807) is 0 Å². The van der Waals surface area contributed by atoms with Gasteiger partial charge in [-0.05, 0) is 36.6 Å². The molecule has 0 aliphatic rings. The lowest BCUT2D eigenvalue weighted by Crippen LogP contribution is -2.20. The maximum atomic E-state index is 12.3. The van der Waals surface area contributed by atoms with Crippen molar-refractivity contribution in [2.45, 2.75) is 26.2 Å². The van der Waals surface area contributed by atoms with E-state index in [4.69, 9.17) is 0 Å². The summed E-state index contributed by atoms with van der Waals surface area (Å²) in [5.41, 5.74) is 3.07. The zero-order chi connectivity index (χ0) is 13.7. The Morgan fingerprint density at radius 1 is 1.11 bits per heavy atom. The third kappa shape index (κ3) is 3.44. The minimum Gasteiger partial charge on any atom is -0.326 e. The van der Waals surface area contributed by atoms with E-state index in [9.17, 15) is 4.79 Å². The van der Waals surface area contributed by atoms with Crippen LogP contribution in [0.25, 0.3) is 0 Å². The first kappa shape index (κ1) is 13.3. The molecule has 0 heterocycles. The molecule has 1 unspecified atom stereocenters. The number of hydrogen-bond donors (Lipinski definition) is 1. The van der Waals surface area contributed by atoms with Crippen LogP contribution in [0.4, 0.5) is 5.69 Å². The molecule has 0 saturated carbocycles. The first-order chi connectivity index (χ1) is 9.20. The van der Waals surface area contributed by atoms with Gasteiger partial charge in [-0.25, -0.2) is 0 Å². The van der Waals surface area contributed by atoms with E-state index >= 15 is 0 Å². The second kappa shape index (κ2) is 6.19. The molecular weight excluding hydrogens is 234 g/mol. The number of nitrogens with one attached hydrogen (secondary N) is 1. The van der Waals surface area contributed by atoms with Crippen molar-refractivity contribution < 1.29 is 4.79 Å². The molecule has 2 aromatic carbocycles. The van der Waals surface area contributed by atoms with Gasteiger partial charge in [-0.3, -0.25) is 4.79 Å². The lowest BCUT2D eigenvalue weighted by atomic mass is 9.95. The quantitative estimate of drug-likeness (QED) is 0.872. The highest BCUT2D eigenvalue weighted by Gasteiger charge is 2.18. The van der Waals surface area contributed by atoms with E-state index in [0.717, 1.165) is 23.2 Å². The van der Waals surface area contributed by atoms with Gasteiger partial charge >= 0.3 is 0 Å². The summed E-state index contributed by atoms with van der Waals surface area (Å²) >= 11 is 0. The average molecular weight is 253 g/mol. The summed E-state index contributed by atoms with van der Waals surface area (Å²) in [6, 6.07) is 17.8. The summed E-state index contributed by atoms with van der Waals surface area (Å²) in [6.45, 7) is 4.05. The summed E-state index contributed by atoms with van der Waals surface area (Å²) in [5.74, 6) is -0.0407. The second-order valence-corrected chi connectivity index (χ2v) is 4.73. The fourth-order valence-electron chi connectivity index (χ4n) is 2.21. The number of anilines is 1. The van der Waals surface area contributed by atoms with Gasteiger partial charge in [0.15, 0.2) is 0 Å². The Morgan fingerprint density at radius 3 is 2.47 bits per heavy atom. The average Bonchev–Trinajstić information content (AvgIpc) is 2.41. The minimum absolute atomic E-state index is 0.0549. The maximum absolute atomic E-state index is 12.3. The molecule has 0 aliphatic carbocycles. The Kier molecular flexibility index (Phi) is 4.35. The first-order valence-electron chi connectivity index (χ1n) is 6.63. The standard InChI is InChI=1S/C17H19NO/c1-3-16(14-9-5-4-6-10-14)17(19)18-15-11-7-8-13(2)12-15/h4-12,16H,3H2,1-2H3,(H,18,19). The molecule has 2 heteroatoms. The fourth-order valence-corrected chi connectivity index (χ4v) is 2.21. The highest BCUT2D eigenvalue weighted by molar-refractivity contribution is 5.95. The topological polar surface area (TPSA) is 29.1 Å². The number of amides is 1. The molecular formula is C17H19NO. The van der Waals surface area contributed by atoms with Crippen molar-refractivity contribution in [1.82, 2.24) is 0 Å². The zero-order valence-electron chi connectivity index (χ0n) is 11.4. The monoisotopic (exact) mass is 253 g/mol. The molecule has 0 aromatic heterocycles. The second-order valence-electron chi connectivity index (χ2n) is 4.73. The summed E-state index contributed by atoms with van der Waals surface area (Å²) < 4.78 is 0. The summed E-state index contributed by atoms with van der Waals surface area (Å²) in [5, 5.41) is 2.99. The predicted molar refractivity (Wildman–Crippen MR) is 79.3 cm³/mol. The number of carbonyl (C=O) groups is 1. The molecule has 1 amide bonds. The molecule has 2 nitrogen and oxygen atoms in total. The Balaban J connectivity index is 2.14. The third-order valence-corrected chi connectivity index (χ3v) is 3.21. The zero-order valence-corrected chi connectivity index (χ0v) is 11.4. The van der Waals surface area contributed by atoms with Crippen LogP contribution in [0.3, 0.4) is 0 Å². The van der Waals surface area contributed by atoms with Crippen molar-refractivity contribution in [3.63, 3.8) is 0 Å². The van der Waals surface area contributed by atoms with Gasteiger partial charge in [-0.1, -0.05) is 49.4 Å². The van der Waals surface area contributed by atoms with E-state index in [1.165, 1.54) is 0 Å². The van der Waals surface area contributed by atoms with Gasteiger partial charge in [0.25, 0.3) is 0 Å². The van der Waals surface area contributed by atoms with Gasteiger partial charge < -0.3 is 5.32 Å². The van der Waals surface area contributed by atoms with Crippen LogP contribution in [-0.2, 0) is 4.79 Å². The molecule has 0 spiro atoms. The van der Waals surface area contributed by atoms with Gasteiger partial charge in [0.1, 0.15) is 0 Å².